The third-order valence-electron chi connectivity index (χ3n) is 2.87. The van der Waals surface area contributed by atoms with Crippen molar-refractivity contribution in [3.8, 4) is 0 Å². The fourth-order valence-corrected chi connectivity index (χ4v) is 2.72. The molecule has 4 N–H and O–H groups in total. The SMILES string of the molecule is C=C(NNC(=O)C(=O)Nc1ccc(NC(C)=O)cc1)c1ccc(Cl)s1. The van der Waals surface area contributed by atoms with Crippen LogP contribution in [-0.4, -0.2) is 17.7 Å². The summed E-state index contributed by atoms with van der Waals surface area (Å²) in [6, 6.07) is 9.79. The van der Waals surface area contributed by atoms with Crippen molar-refractivity contribution in [3.63, 3.8) is 0 Å². The minimum absolute atomic E-state index is 0.200. The molecule has 0 saturated heterocycles. The van der Waals surface area contributed by atoms with Crippen LogP contribution in [0.5, 0.6) is 0 Å². The zero-order chi connectivity index (χ0) is 18.4. The normalized spacial score (nSPS) is 9.84. The largest absolute Gasteiger partial charge is 0.327 e. The molecule has 2 aromatic rings. The lowest BCUT2D eigenvalue weighted by Crippen LogP contribution is -2.42. The zero-order valence-corrected chi connectivity index (χ0v) is 14.8. The van der Waals surface area contributed by atoms with Crippen molar-refractivity contribution in [1.82, 2.24) is 10.9 Å². The van der Waals surface area contributed by atoms with E-state index in [9.17, 15) is 14.4 Å². The molecule has 1 aromatic carbocycles. The molecule has 0 saturated carbocycles. The van der Waals surface area contributed by atoms with Gasteiger partial charge in [0.15, 0.2) is 0 Å². The summed E-state index contributed by atoms with van der Waals surface area (Å²) in [7, 11) is 0. The van der Waals surface area contributed by atoms with Gasteiger partial charge in [0, 0.05) is 18.3 Å². The number of hydrazine groups is 1. The molecular formula is C16H15ClN4O3S. The lowest BCUT2D eigenvalue weighted by Gasteiger charge is -2.10. The number of amides is 3. The van der Waals surface area contributed by atoms with Crippen LogP contribution in [0.15, 0.2) is 43.0 Å². The van der Waals surface area contributed by atoms with Gasteiger partial charge in [-0.15, -0.1) is 11.3 Å². The number of hydrogen-bond acceptors (Lipinski definition) is 5. The highest BCUT2D eigenvalue weighted by atomic mass is 35.5. The fraction of sp³-hybridized carbons (Fsp3) is 0.0625. The maximum absolute atomic E-state index is 11.8. The van der Waals surface area contributed by atoms with Crippen LogP contribution in [-0.2, 0) is 14.4 Å². The third-order valence-corrected chi connectivity index (χ3v) is 4.16. The molecule has 1 aromatic heterocycles. The van der Waals surface area contributed by atoms with E-state index in [1.165, 1.54) is 18.3 Å². The molecule has 9 heteroatoms. The number of carbonyl (C=O) groups is 3. The first-order valence-electron chi connectivity index (χ1n) is 7.05. The molecule has 2 rings (SSSR count). The molecule has 0 radical (unpaired) electrons. The van der Waals surface area contributed by atoms with Gasteiger partial charge in [0.2, 0.25) is 5.91 Å². The van der Waals surface area contributed by atoms with Crippen LogP contribution < -0.4 is 21.5 Å². The molecule has 3 amide bonds. The van der Waals surface area contributed by atoms with Crippen LogP contribution in [0.3, 0.4) is 0 Å². The Morgan fingerprint density at radius 2 is 1.52 bits per heavy atom. The zero-order valence-electron chi connectivity index (χ0n) is 13.2. The average Bonchev–Trinajstić information content (AvgIpc) is 3.00. The smallest absolute Gasteiger partial charge is 0.326 e. The van der Waals surface area contributed by atoms with Crippen LogP contribution >= 0.6 is 22.9 Å². The molecule has 25 heavy (non-hydrogen) atoms. The van der Waals surface area contributed by atoms with Crippen molar-refractivity contribution in [2.45, 2.75) is 6.92 Å². The highest BCUT2D eigenvalue weighted by Crippen LogP contribution is 2.25. The topological polar surface area (TPSA) is 99.3 Å². The van der Waals surface area contributed by atoms with Crippen molar-refractivity contribution in [2.75, 3.05) is 10.6 Å². The van der Waals surface area contributed by atoms with Gasteiger partial charge in [-0.05, 0) is 36.4 Å². The van der Waals surface area contributed by atoms with E-state index < -0.39 is 11.8 Å². The molecule has 0 fully saturated rings. The van der Waals surface area contributed by atoms with Gasteiger partial charge >= 0.3 is 11.8 Å². The predicted molar refractivity (Wildman–Crippen MR) is 99.0 cm³/mol. The average molecular weight is 379 g/mol. The highest BCUT2D eigenvalue weighted by Gasteiger charge is 2.14. The van der Waals surface area contributed by atoms with Gasteiger partial charge in [0.05, 0.1) is 14.9 Å². The second kappa shape index (κ2) is 8.32. The maximum atomic E-state index is 11.8. The molecule has 0 unspecified atom stereocenters. The third kappa shape index (κ3) is 5.63. The predicted octanol–water partition coefficient (Wildman–Crippen LogP) is 2.59. The molecule has 1 heterocycles. The monoisotopic (exact) mass is 378 g/mol. The number of carbonyl (C=O) groups excluding carboxylic acids is 3. The molecule has 0 aliphatic carbocycles. The van der Waals surface area contributed by atoms with Crippen molar-refractivity contribution in [1.29, 1.82) is 0 Å². The van der Waals surface area contributed by atoms with Gasteiger partial charge in [-0.2, -0.15) is 0 Å². The van der Waals surface area contributed by atoms with Gasteiger partial charge in [0.1, 0.15) is 0 Å². The summed E-state index contributed by atoms with van der Waals surface area (Å²) in [5, 5.41) is 5.04. The first kappa shape index (κ1) is 18.5. The molecule has 0 atom stereocenters. The Kier molecular flexibility index (Phi) is 6.15. The van der Waals surface area contributed by atoms with E-state index in [0.29, 0.717) is 21.4 Å². The number of nitrogens with one attached hydrogen (secondary N) is 4. The quantitative estimate of drug-likeness (QED) is 0.474. The number of rotatable bonds is 5. The fourth-order valence-electron chi connectivity index (χ4n) is 1.76. The van der Waals surface area contributed by atoms with Crippen LogP contribution in [0.1, 0.15) is 11.8 Å². The number of thiophene rings is 1. The highest BCUT2D eigenvalue weighted by molar-refractivity contribution is 7.17. The summed E-state index contributed by atoms with van der Waals surface area (Å²) in [6.45, 7) is 5.14. The number of hydrogen-bond donors (Lipinski definition) is 4. The van der Waals surface area contributed by atoms with Gasteiger partial charge in [-0.25, -0.2) is 0 Å². The summed E-state index contributed by atoms with van der Waals surface area (Å²) >= 11 is 7.11. The Morgan fingerprint density at radius 3 is 2.04 bits per heavy atom. The Balaban J connectivity index is 1.84. The second-order valence-corrected chi connectivity index (χ2v) is 6.59. The van der Waals surface area contributed by atoms with Crippen molar-refractivity contribution >= 4 is 57.7 Å². The molecule has 130 valence electrons. The van der Waals surface area contributed by atoms with Crippen molar-refractivity contribution in [2.24, 2.45) is 0 Å². The Hall–Kier alpha value is -2.84. The van der Waals surface area contributed by atoms with E-state index >= 15 is 0 Å². The maximum Gasteiger partial charge on any atom is 0.327 e. The van der Waals surface area contributed by atoms with E-state index in [2.05, 4.69) is 28.1 Å². The Morgan fingerprint density at radius 1 is 0.920 bits per heavy atom. The Labute approximate surface area is 153 Å². The van der Waals surface area contributed by atoms with E-state index in [0.717, 1.165) is 4.88 Å². The van der Waals surface area contributed by atoms with Crippen LogP contribution in [0, 0.1) is 0 Å². The summed E-state index contributed by atoms with van der Waals surface area (Å²) < 4.78 is 0.588. The lowest BCUT2D eigenvalue weighted by molar-refractivity contribution is -0.136. The van der Waals surface area contributed by atoms with E-state index in [1.807, 2.05) is 0 Å². The molecule has 0 aliphatic heterocycles. The van der Waals surface area contributed by atoms with Crippen LogP contribution in [0.2, 0.25) is 4.34 Å². The van der Waals surface area contributed by atoms with E-state index in [1.54, 1.807) is 36.4 Å². The Bertz CT molecular complexity index is 817. The summed E-state index contributed by atoms with van der Waals surface area (Å²) in [5.41, 5.74) is 6.23. The number of halogens is 1. The first-order valence-corrected chi connectivity index (χ1v) is 8.24. The van der Waals surface area contributed by atoms with Crippen LogP contribution in [0.25, 0.3) is 5.70 Å². The minimum Gasteiger partial charge on any atom is -0.326 e. The molecular weight excluding hydrogens is 364 g/mol. The molecule has 7 nitrogen and oxygen atoms in total. The van der Waals surface area contributed by atoms with Gasteiger partial charge in [0.25, 0.3) is 0 Å². The van der Waals surface area contributed by atoms with Gasteiger partial charge in [-0.1, -0.05) is 18.2 Å². The standard InChI is InChI=1S/C16H15ClN4O3S/c1-9(13-7-8-14(17)25-13)20-21-16(24)15(23)19-12-5-3-11(4-6-12)18-10(2)22/h3-8,20H,1H2,2H3,(H,18,22)(H,19,23)(H,21,24). The number of benzene rings is 1. The minimum atomic E-state index is -0.880. The molecule has 0 spiro atoms. The molecule has 0 bridgehead atoms. The van der Waals surface area contributed by atoms with Gasteiger partial charge in [-0.3, -0.25) is 25.2 Å². The van der Waals surface area contributed by atoms with Crippen molar-refractivity contribution < 1.29 is 14.4 Å². The second-order valence-electron chi connectivity index (χ2n) is 4.87. The lowest BCUT2D eigenvalue weighted by atomic mass is 10.2. The van der Waals surface area contributed by atoms with E-state index in [-0.39, 0.29) is 5.91 Å². The summed E-state index contributed by atoms with van der Waals surface area (Å²) in [6.07, 6.45) is 0. The van der Waals surface area contributed by atoms with Crippen LogP contribution in [0.4, 0.5) is 11.4 Å². The summed E-state index contributed by atoms with van der Waals surface area (Å²) in [4.78, 5) is 35.3. The van der Waals surface area contributed by atoms with E-state index in [4.69, 9.17) is 11.6 Å². The molecule has 0 aliphatic rings. The van der Waals surface area contributed by atoms with Gasteiger partial charge < -0.3 is 10.6 Å². The van der Waals surface area contributed by atoms with Crippen molar-refractivity contribution in [3.05, 3.63) is 52.2 Å². The number of anilines is 2. The first-order chi connectivity index (χ1) is 11.8. The summed E-state index contributed by atoms with van der Waals surface area (Å²) in [5.74, 6) is -1.93.